The molecule has 0 radical (unpaired) electrons. The number of aliphatic imine (C=N–C) groups is 1. The number of nitrogens with zero attached hydrogens (tertiary/aromatic N) is 2. The highest BCUT2D eigenvalue weighted by molar-refractivity contribution is 7.09. The molecule has 6 heteroatoms. The van der Waals surface area contributed by atoms with E-state index in [1.165, 1.54) is 12.1 Å². The van der Waals surface area contributed by atoms with Gasteiger partial charge in [0.05, 0.1) is 23.8 Å². The number of rotatable bonds is 5. The first-order chi connectivity index (χ1) is 11.4. The first-order valence-corrected chi connectivity index (χ1v) is 8.98. The fraction of sp³-hybridized carbons (Fsp3) is 0.444. The van der Waals surface area contributed by atoms with Crippen LogP contribution in [0.1, 0.15) is 44.0 Å². The van der Waals surface area contributed by atoms with Gasteiger partial charge in [-0.05, 0) is 24.6 Å². The molecule has 0 unspecified atom stereocenters. The van der Waals surface area contributed by atoms with Gasteiger partial charge < -0.3 is 10.6 Å². The largest absolute Gasteiger partial charge is 0.357 e. The van der Waals surface area contributed by atoms with Crippen LogP contribution in [0.3, 0.4) is 0 Å². The van der Waals surface area contributed by atoms with Gasteiger partial charge in [0.1, 0.15) is 5.82 Å². The van der Waals surface area contributed by atoms with Crippen LogP contribution in [0.4, 0.5) is 4.39 Å². The minimum Gasteiger partial charge on any atom is -0.357 e. The summed E-state index contributed by atoms with van der Waals surface area (Å²) >= 11 is 1.68. The van der Waals surface area contributed by atoms with Crippen molar-refractivity contribution in [1.29, 1.82) is 0 Å². The van der Waals surface area contributed by atoms with Gasteiger partial charge in [-0.2, -0.15) is 0 Å². The molecule has 0 atom stereocenters. The van der Waals surface area contributed by atoms with Crippen molar-refractivity contribution < 1.29 is 4.39 Å². The Kier molecular flexibility index (Phi) is 6.31. The van der Waals surface area contributed by atoms with Crippen molar-refractivity contribution in [2.75, 3.05) is 6.54 Å². The quantitative estimate of drug-likeness (QED) is 0.638. The smallest absolute Gasteiger partial charge is 0.191 e. The summed E-state index contributed by atoms with van der Waals surface area (Å²) in [6, 6.07) is 6.50. The lowest BCUT2D eigenvalue weighted by Crippen LogP contribution is -2.36. The van der Waals surface area contributed by atoms with Crippen LogP contribution in [0.25, 0.3) is 0 Å². The van der Waals surface area contributed by atoms with Crippen LogP contribution in [0.2, 0.25) is 0 Å². The standard InChI is InChI=1S/C18H25FN4S/c1-5-20-17(21-10-13-7-6-8-14(19)9-13)22-11-15-12-24-16(23-15)18(2,3)4/h6-9,12H,5,10-11H2,1-4H3,(H2,20,21,22). The van der Waals surface area contributed by atoms with Gasteiger partial charge in [-0.15, -0.1) is 11.3 Å². The third-order valence-corrected chi connectivity index (χ3v) is 4.60. The van der Waals surface area contributed by atoms with Crippen molar-refractivity contribution >= 4 is 17.3 Å². The second-order valence-corrected chi connectivity index (χ2v) is 7.43. The molecule has 0 bridgehead atoms. The summed E-state index contributed by atoms with van der Waals surface area (Å²) in [7, 11) is 0. The number of benzene rings is 1. The van der Waals surface area contributed by atoms with Crippen molar-refractivity contribution in [3.05, 3.63) is 51.7 Å². The molecule has 2 aromatic rings. The maximum Gasteiger partial charge on any atom is 0.191 e. The maximum atomic E-state index is 13.2. The minimum atomic E-state index is -0.238. The first kappa shape index (κ1) is 18.4. The number of thiazole rings is 1. The Labute approximate surface area is 147 Å². The predicted molar refractivity (Wildman–Crippen MR) is 98.9 cm³/mol. The summed E-state index contributed by atoms with van der Waals surface area (Å²) in [6.45, 7) is 10.3. The van der Waals surface area contributed by atoms with E-state index in [0.29, 0.717) is 19.0 Å². The summed E-state index contributed by atoms with van der Waals surface area (Å²) in [6.07, 6.45) is 0. The molecule has 0 fully saturated rings. The molecule has 0 spiro atoms. The molecule has 130 valence electrons. The molecule has 0 aliphatic heterocycles. The van der Waals surface area contributed by atoms with Crippen molar-refractivity contribution in [1.82, 2.24) is 15.6 Å². The Morgan fingerprint density at radius 1 is 1.29 bits per heavy atom. The van der Waals surface area contributed by atoms with Crippen molar-refractivity contribution in [2.45, 2.75) is 46.2 Å². The van der Waals surface area contributed by atoms with Gasteiger partial charge in [-0.25, -0.2) is 14.4 Å². The molecule has 0 aliphatic carbocycles. The maximum absolute atomic E-state index is 13.2. The lowest BCUT2D eigenvalue weighted by Gasteiger charge is -2.14. The lowest BCUT2D eigenvalue weighted by atomic mass is 9.98. The molecule has 0 saturated carbocycles. The molecule has 1 aromatic heterocycles. The molecule has 0 aliphatic rings. The van der Waals surface area contributed by atoms with E-state index in [1.54, 1.807) is 17.4 Å². The Balaban J connectivity index is 1.98. The van der Waals surface area contributed by atoms with Crippen molar-refractivity contribution in [2.24, 2.45) is 4.99 Å². The molecular formula is C18H25FN4S. The highest BCUT2D eigenvalue weighted by atomic mass is 32.1. The number of aromatic nitrogens is 1. The van der Waals surface area contributed by atoms with Gasteiger partial charge in [0.25, 0.3) is 0 Å². The number of guanidine groups is 1. The van der Waals surface area contributed by atoms with Crippen molar-refractivity contribution in [3.63, 3.8) is 0 Å². The number of nitrogens with one attached hydrogen (secondary N) is 2. The summed E-state index contributed by atoms with van der Waals surface area (Å²) in [5.74, 6) is 0.463. The van der Waals surface area contributed by atoms with Gasteiger partial charge in [0.15, 0.2) is 5.96 Å². The van der Waals surface area contributed by atoms with E-state index in [-0.39, 0.29) is 11.2 Å². The highest BCUT2D eigenvalue weighted by Gasteiger charge is 2.17. The number of hydrogen-bond acceptors (Lipinski definition) is 3. The molecule has 4 nitrogen and oxygen atoms in total. The summed E-state index contributed by atoms with van der Waals surface area (Å²) < 4.78 is 13.2. The molecule has 0 saturated heterocycles. The monoisotopic (exact) mass is 348 g/mol. The molecule has 1 aromatic carbocycles. The normalized spacial score (nSPS) is 12.3. The van der Waals surface area contributed by atoms with E-state index < -0.39 is 0 Å². The molecule has 0 amide bonds. The second kappa shape index (κ2) is 8.24. The number of halogens is 1. The van der Waals surface area contributed by atoms with Gasteiger partial charge >= 0.3 is 0 Å². The lowest BCUT2D eigenvalue weighted by molar-refractivity contribution is 0.582. The van der Waals surface area contributed by atoms with Gasteiger partial charge in [-0.3, -0.25) is 0 Å². The van der Waals surface area contributed by atoms with Crippen LogP contribution in [0, 0.1) is 5.82 Å². The average molecular weight is 348 g/mol. The fourth-order valence-electron chi connectivity index (χ4n) is 2.05. The van der Waals surface area contributed by atoms with Crippen LogP contribution in [-0.4, -0.2) is 17.5 Å². The van der Waals surface area contributed by atoms with Gasteiger partial charge in [0, 0.05) is 17.3 Å². The average Bonchev–Trinajstić information content (AvgIpc) is 2.99. The Morgan fingerprint density at radius 3 is 2.71 bits per heavy atom. The Bertz CT molecular complexity index is 688. The Hall–Kier alpha value is -1.95. The number of hydrogen-bond donors (Lipinski definition) is 2. The molecule has 1 heterocycles. The Morgan fingerprint density at radius 2 is 2.08 bits per heavy atom. The van der Waals surface area contributed by atoms with E-state index in [1.807, 2.05) is 13.0 Å². The van der Waals surface area contributed by atoms with Crippen LogP contribution in [-0.2, 0) is 18.5 Å². The highest BCUT2D eigenvalue weighted by Crippen LogP contribution is 2.25. The summed E-state index contributed by atoms with van der Waals surface area (Å²) in [4.78, 5) is 9.17. The van der Waals surface area contributed by atoms with Crippen LogP contribution < -0.4 is 10.6 Å². The minimum absolute atomic E-state index is 0.0683. The molecule has 2 N–H and O–H groups in total. The van der Waals surface area contributed by atoms with E-state index in [0.717, 1.165) is 22.8 Å². The van der Waals surface area contributed by atoms with Crippen LogP contribution in [0.15, 0.2) is 34.6 Å². The third kappa shape index (κ3) is 5.60. The second-order valence-electron chi connectivity index (χ2n) is 6.57. The summed E-state index contributed by atoms with van der Waals surface area (Å²) in [5.41, 5.74) is 1.91. The predicted octanol–water partition coefficient (Wildman–Crippen LogP) is 3.84. The van der Waals surface area contributed by atoms with E-state index >= 15 is 0 Å². The van der Waals surface area contributed by atoms with Gasteiger partial charge in [-0.1, -0.05) is 32.9 Å². The molecular weight excluding hydrogens is 323 g/mol. The zero-order chi connectivity index (χ0) is 17.6. The van der Waals surface area contributed by atoms with E-state index in [4.69, 9.17) is 0 Å². The topological polar surface area (TPSA) is 49.3 Å². The SMILES string of the molecule is CCNC(=NCc1cccc(F)c1)NCc1csc(C(C)(C)C)n1. The third-order valence-electron chi connectivity index (χ3n) is 3.28. The van der Waals surface area contributed by atoms with Crippen LogP contribution in [0.5, 0.6) is 0 Å². The first-order valence-electron chi connectivity index (χ1n) is 8.10. The molecule has 24 heavy (non-hydrogen) atoms. The zero-order valence-corrected chi connectivity index (χ0v) is 15.5. The fourth-order valence-corrected chi connectivity index (χ4v) is 2.96. The van der Waals surface area contributed by atoms with Crippen molar-refractivity contribution in [3.8, 4) is 0 Å². The molecule has 2 rings (SSSR count). The van der Waals surface area contributed by atoms with E-state index in [2.05, 4.69) is 46.8 Å². The van der Waals surface area contributed by atoms with Gasteiger partial charge in [0.2, 0.25) is 0 Å². The zero-order valence-electron chi connectivity index (χ0n) is 14.7. The summed E-state index contributed by atoms with van der Waals surface area (Å²) in [5, 5.41) is 9.67. The van der Waals surface area contributed by atoms with E-state index in [9.17, 15) is 4.39 Å². The van der Waals surface area contributed by atoms with Crippen LogP contribution >= 0.6 is 11.3 Å².